The van der Waals surface area contributed by atoms with Gasteiger partial charge < -0.3 is 5.32 Å². The second kappa shape index (κ2) is 5.54. The van der Waals surface area contributed by atoms with Crippen LogP contribution in [0.1, 0.15) is 22.8 Å². The lowest BCUT2D eigenvalue weighted by Gasteiger charge is -2.06. The molecule has 1 aromatic heterocycles. The van der Waals surface area contributed by atoms with E-state index < -0.39 is 0 Å². The van der Waals surface area contributed by atoms with Crippen LogP contribution < -0.4 is 5.32 Å². The number of amides is 1. The van der Waals surface area contributed by atoms with E-state index in [4.69, 9.17) is 11.6 Å². The number of aromatic amines is 1. The van der Waals surface area contributed by atoms with Gasteiger partial charge in [0.1, 0.15) is 5.82 Å². The lowest BCUT2D eigenvalue weighted by Crippen LogP contribution is -2.13. The number of benzene rings is 1. The zero-order valence-corrected chi connectivity index (χ0v) is 12.0. The van der Waals surface area contributed by atoms with Gasteiger partial charge in [0.2, 0.25) is 0 Å². The van der Waals surface area contributed by atoms with Crippen LogP contribution in [0.25, 0.3) is 0 Å². The van der Waals surface area contributed by atoms with E-state index in [9.17, 15) is 4.79 Å². The smallest absolute Gasteiger partial charge is 0.258 e. The summed E-state index contributed by atoms with van der Waals surface area (Å²) in [6.45, 7) is 1.99. The van der Waals surface area contributed by atoms with E-state index >= 15 is 0 Å². The average Bonchev–Trinajstić information content (AvgIpc) is 2.79. The highest BCUT2D eigenvalue weighted by Gasteiger charge is 2.13. The van der Waals surface area contributed by atoms with Crippen molar-refractivity contribution in [3.05, 3.63) is 45.0 Å². The number of carbonyl (C=O) groups excluding carboxylic acids is 1. The van der Waals surface area contributed by atoms with Gasteiger partial charge in [0.05, 0.1) is 16.8 Å². The summed E-state index contributed by atoms with van der Waals surface area (Å²) in [5.74, 6) is 0.346. The molecular weight excluding hydrogens is 318 g/mol. The fourth-order valence-electron chi connectivity index (χ4n) is 1.54. The largest absolute Gasteiger partial charge is 0.307 e. The van der Waals surface area contributed by atoms with E-state index in [0.717, 1.165) is 16.5 Å². The zero-order chi connectivity index (χ0) is 13.1. The monoisotopic (exact) mass is 327 g/mol. The van der Waals surface area contributed by atoms with Gasteiger partial charge in [-0.05, 0) is 24.6 Å². The average molecular weight is 329 g/mol. The molecule has 1 aromatic carbocycles. The molecule has 6 heteroatoms. The van der Waals surface area contributed by atoms with Crippen LogP contribution in [0.3, 0.4) is 0 Å². The number of hydrogen-bond donors (Lipinski definition) is 2. The van der Waals surface area contributed by atoms with E-state index in [-0.39, 0.29) is 5.91 Å². The van der Waals surface area contributed by atoms with E-state index in [0.29, 0.717) is 16.4 Å². The number of halogens is 2. The van der Waals surface area contributed by atoms with Crippen LogP contribution in [0, 0.1) is 0 Å². The van der Waals surface area contributed by atoms with Gasteiger partial charge in [-0.2, -0.15) is 5.10 Å². The van der Waals surface area contributed by atoms with Crippen molar-refractivity contribution in [1.29, 1.82) is 0 Å². The SMILES string of the molecule is CCc1cn[nH]c1NC(=O)c1cc(Br)ccc1Cl. The van der Waals surface area contributed by atoms with Crippen molar-refractivity contribution in [2.45, 2.75) is 13.3 Å². The minimum atomic E-state index is -0.264. The van der Waals surface area contributed by atoms with Gasteiger partial charge >= 0.3 is 0 Å². The third-order valence-electron chi connectivity index (χ3n) is 2.51. The summed E-state index contributed by atoms with van der Waals surface area (Å²) in [5, 5.41) is 9.83. The van der Waals surface area contributed by atoms with Gasteiger partial charge in [-0.15, -0.1) is 0 Å². The fourth-order valence-corrected chi connectivity index (χ4v) is 2.10. The first-order valence-electron chi connectivity index (χ1n) is 5.40. The van der Waals surface area contributed by atoms with Crippen molar-refractivity contribution in [3.63, 3.8) is 0 Å². The van der Waals surface area contributed by atoms with Crippen LogP contribution in [0.15, 0.2) is 28.9 Å². The second-order valence-electron chi connectivity index (χ2n) is 3.70. The molecule has 0 aliphatic carbocycles. The number of nitrogens with one attached hydrogen (secondary N) is 2. The Morgan fingerprint density at radius 3 is 3.06 bits per heavy atom. The zero-order valence-electron chi connectivity index (χ0n) is 9.63. The molecule has 4 nitrogen and oxygen atoms in total. The van der Waals surface area contributed by atoms with Crippen LogP contribution in [0.2, 0.25) is 5.02 Å². The first-order valence-corrected chi connectivity index (χ1v) is 6.57. The lowest BCUT2D eigenvalue weighted by atomic mass is 10.2. The first-order chi connectivity index (χ1) is 8.61. The summed E-state index contributed by atoms with van der Waals surface area (Å²) in [5.41, 5.74) is 1.37. The van der Waals surface area contributed by atoms with Crippen molar-refractivity contribution in [1.82, 2.24) is 10.2 Å². The molecule has 0 fully saturated rings. The summed E-state index contributed by atoms with van der Waals surface area (Å²) < 4.78 is 0.803. The lowest BCUT2D eigenvalue weighted by molar-refractivity contribution is 0.102. The first kappa shape index (κ1) is 13.1. The molecular formula is C12H11BrClN3O. The predicted molar refractivity (Wildman–Crippen MR) is 75.1 cm³/mol. The third kappa shape index (κ3) is 2.73. The molecule has 0 saturated carbocycles. The van der Waals surface area contributed by atoms with Crippen molar-refractivity contribution in [2.75, 3.05) is 5.32 Å². The highest BCUT2D eigenvalue weighted by molar-refractivity contribution is 9.10. The van der Waals surface area contributed by atoms with Crippen molar-refractivity contribution in [2.24, 2.45) is 0 Å². The highest BCUT2D eigenvalue weighted by Crippen LogP contribution is 2.22. The number of hydrogen-bond acceptors (Lipinski definition) is 2. The molecule has 0 radical (unpaired) electrons. The van der Waals surface area contributed by atoms with E-state index in [1.54, 1.807) is 24.4 Å². The van der Waals surface area contributed by atoms with E-state index in [1.165, 1.54) is 0 Å². The Balaban J connectivity index is 2.25. The highest BCUT2D eigenvalue weighted by atomic mass is 79.9. The maximum atomic E-state index is 12.1. The van der Waals surface area contributed by atoms with E-state index in [1.807, 2.05) is 6.92 Å². The van der Waals surface area contributed by atoms with Gasteiger partial charge in [-0.25, -0.2) is 0 Å². The summed E-state index contributed by atoms with van der Waals surface area (Å²) in [4.78, 5) is 12.1. The third-order valence-corrected chi connectivity index (χ3v) is 3.33. The molecule has 0 saturated heterocycles. The molecule has 2 aromatic rings. The van der Waals surface area contributed by atoms with E-state index in [2.05, 4.69) is 31.4 Å². The molecule has 0 aliphatic heterocycles. The number of nitrogens with zero attached hydrogens (tertiary/aromatic N) is 1. The molecule has 0 spiro atoms. The van der Waals surface area contributed by atoms with Crippen LogP contribution in [-0.2, 0) is 6.42 Å². The topological polar surface area (TPSA) is 57.8 Å². The molecule has 1 amide bonds. The molecule has 0 unspecified atom stereocenters. The Kier molecular flexibility index (Phi) is 4.04. The number of H-pyrrole nitrogens is 1. The second-order valence-corrected chi connectivity index (χ2v) is 5.02. The maximum Gasteiger partial charge on any atom is 0.258 e. The Labute approximate surface area is 118 Å². The van der Waals surface area contributed by atoms with Gasteiger partial charge in [0.25, 0.3) is 5.91 Å². The summed E-state index contributed by atoms with van der Waals surface area (Å²) in [7, 11) is 0. The van der Waals surface area contributed by atoms with Crippen LogP contribution >= 0.6 is 27.5 Å². The summed E-state index contributed by atoms with van der Waals surface area (Å²) in [6, 6.07) is 5.14. The van der Waals surface area contributed by atoms with Gasteiger partial charge in [0.15, 0.2) is 0 Å². The maximum absolute atomic E-state index is 12.1. The number of anilines is 1. The van der Waals surface area contributed by atoms with Crippen LogP contribution in [0.4, 0.5) is 5.82 Å². The Hall–Kier alpha value is -1.33. The molecule has 2 rings (SSSR count). The molecule has 94 valence electrons. The van der Waals surface area contributed by atoms with Gasteiger partial charge in [-0.3, -0.25) is 9.89 Å². The minimum Gasteiger partial charge on any atom is -0.307 e. The number of carbonyl (C=O) groups is 1. The van der Waals surface area contributed by atoms with Crippen molar-refractivity contribution >= 4 is 39.3 Å². The predicted octanol–water partition coefficient (Wildman–Crippen LogP) is 3.64. The molecule has 0 bridgehead atoms. The fraction of sp³-hybridized carbons (Fsp3) is 0.167. The molecule has 0 aliphatic rings. The Morgan fingerprint density at radius 2 is 2.33 bits per heavy atom. The summed E-state index contributed by atoms with van der Waals surface area (Å²) >= 11 is 9.31. The quantitative estimate of drug-likeness (QED) is 0.903. The van der Waals surface area contributed by atoms with Crippen molar-refractivity contribution in [3.8, 4) is 0 Å². The summed E-state index contributed by atoms with van der Waals surface area (Å²) in [6.07, 6.45) is 2.48. The van der Waals surface area contributed by atoms with Gasteiger partial charge in [0, 0.05) is 10.0 Å². The number of aromatic nitrogens is 2. The Bertz CT molecular complexity index is 582. The minimum absolute atomic E-state index is 0.264. The number of rotatable bonds is 3. The van der Waals surface area contributed by atoms with Gasteiger partial charge in [-0.1, -0.05) is 34.5 Å². The standard InChI is InChI=1S/C12H11BrClN3O/c1-2-7-6-15-17-11(7)16-12(18)9-5-8(13)3-4-10(9)14/h3-6H,2H2,1H3,(H2,15,16,17,18). The normalized spacial score (nSPS) is 10.4. The Morgan fingerprint density at radius 1 is 1.56 bits per heavy atom. The van der Waals surface area contributed by atoms with Crippen LogP contribution in [0.5, 0.6) is 0 Å². The molecule has 1 heterocycles. The number of aryl methyl sites for hydroxylation is 1. The van der Waals surface area contributed by atoms with Crippen molar-refractivity contribution < 1.29 is 4.79 Å². The molecule has 18 heavy (non-hydrogen) atoms. The molecule has 0 atom stereocenters. The van der Waals surface area contributed by atoms with Crippen LogP contribution in [-0.4, -0.2) is 16.1 Å². The molecule has 2 N–H and O–H groups in total.